The van der Waals surface area contributed by atoms with Gasteiger partial charge in [0.2, 0.25) is 0 Å². The summed E-state index contributed by atoms with van der Waals surface area (Å²) in [6.07, 6.45) is 2.03. The number of nitrogens with one attached hydrogen (secondary N) is 3. The van der Waals surface area contributed by atoms with Crippen LogP contribution in [0.25, 0.3) is 0 Å². The smallest absolute Gasteiger partial charge is 0.412 e. The van der Waals surface area contributed by atoms with Gasteiger partial charge < -0.3 is 15.4 Å². The van der Waals surface area contributed by atoms with Crippen LogP contribution >= 0.6 is 24.0 Å². The van der Waals surface area contributed by atoms with Crippen LogP contribution in [-0.2, 0) is 21.0 Å². The van der Waals surface area contributed by atoms with Crippen LogP contribution in [-0.4, -0.2) is 57.7 Å². The molecule has 30 heavy (non-hydrogen) atoms. The Morgan fingerprint density at radius 1 is 1.13 bits per heavy atom. The van der Waals surface area contributed by atoms with Crippen LogP contribution in [0.15, 0.2) is 29.3 Å². The molecule has 0 saturated carbocycles. The quantitative estimate of drug-likeness (QED) is 0.187. The maximum Gasteiger partial charge on any atom is 0.412 e. The normalized spacial score (nSPS) is 12.0. The zero-order valence-electron chi connectivity index (χ0n) is 18.4. The zero-order chi connectivity index (χ0) is 21.9. The number of carbonyl (C=O) groups excluding carboxylic acids is 1. The van der Waals surface area contributed by atoms with E-state index in [4.69, 9.17) is 4.74 Å². The Kier molecular flexibility index (Phi) is 13.0. The molecule has 0 spiro atoms. The number of benzene rings is 1. The molecule has 0 heterocycles. The van der Waals surface area contributed by atoms with Gasteiger partial charge in [-0.2, -0.15) is 0 Å². The standard InChI is InChI=1S/C20H34N4O4S.HI/c1-6-21-18(22-13-7-15-29(5,26)27)23-14-12-16-8-10-17(11-9-16)24-19(25)28-20(2,3)4;/h8-11H,6-7,12-15H2,1-5H3,(H,24,25)(H2,21,22,23);1H. The van der Waals surface area contributed by atoms with E-state index in [-0.39, 0.29) is 29.7 Å². The Morgan fingerprint density at radius 2 is 1.77 bits per heavy atom. The number of hydrogen-bond acceptors (Lipinski definition) is 5. The van der Waals surface area contributed by atoms with Gasteiger partial charge in [-0.05, 0) is 58.2 Å². The Morgan fingerprint density at radius 3 is 2.30 bits per heavy atom. The molecule has 0 atom stereocenters. The summed E-state index contributed by atoms with van der Waals surface area (Å²) >= 11 is 0. The van der Waals surface area contributed by atoms with Gasteiger partial charge in [-0.1, -0.05) is 12.1 Å². The predicted molar refractivity (Wildman–Crippen MR) is 134 cm³/mol. The van der Waals surface area contributed by atoms with Gasteiger partial charge in [0.05, 0.1) is 5.75 Å². The molecule has 8 nitrogen and oxygen atoms in total. The summed E-state index contributed by atoms with van der Waals surface area (Å²) < 4.78 is 27.6. The van der Waals surface area contributed by atoms with Crippen molar-refractivity contribution in [1.29, 1.82) is 0 Å². The van der Waals surface area contributed by atoms with Crippen molar-refractivity contribution >= 4 is 51.6 Å². The van der Waals surface area contributed by atoms with Crippen LogP contribution in [0, 0.1) is 0 Å². The molecule has 3 N–H and O–H groups in total. The van der Waals surface area contributed by atoms with Crippen molar-refractivity contribution in [1.82, 2.24) is 10.6 Å². The molecule has 0 radical (unpaired) electrons. The maximum atomic E-state index is 11.8. The third-order valence-corrected chi connectivity index (χ3v) is 4.62. The molecule has 172 valence electrons. The number of sulfone groups is 1. The van der Waals surface area contributed by atoms with Crippen molar-refractivity contribution in [3.8, 4) is 0 Å². The lowest BCUT2D eigenvalue weighted by atomic mass is 10.1. The van der Waals surface area contributed by atoms with Crippen LogP contribution in [0.3, 0.4) is 0 Å². The first-order chi connectivity index (χ1) is 13.5. The van der Waals surface area contributed by atoms with E-state index in [0.717, 1.165) is 18.5 Å². The number of halogens is 1. The van der Waals surface area contributed by atoms with Crippen molar-refractivity contribution in [2.24, 2.45) is 4.99 Å². The highest BCUT2D eigenvalue weighted by Crippen LogP contribution is 2.13. The molecule has 0 fully saturated rings. The third-order valence-electron chi connectivity index (χ3n) is 3.59. The molecule has 10 heteroatoms. The van der Waals surface area contributed by atoms with Crippen LogP contribution in [0.1, 0.15) is 39.7 Å². The van der Waals surface area contributed by atoms with Crippen LogP contribution in [0.4, 0.5) is 10.5 Å². The largest absolute Gasteiger partial charge is 0.444 e. The number of ether oxygens (including phenoxy) is 1. The first kappa shape index (κ1) is 28.4. The summed E-state index contributed by atoms with van der Waals surface area (Å²) in [6, 6.07) is 7.57. The molecule has 1 amide bonds. The van der Waals surface area contributed by atoms with Crippen molar-refractivity contribution in [3.63, 3.8) is 0 Å². The van der Waals surface area contributed by atoms with Gasteiger partial charge in [0, 0.05) is 31.6 Å². The minimum atomic E-state index is -2.95. The highest BCUT2D eigenvalue weighted by molar-refractivity contribution is 14.0. The number of hydrogen-bond donors (Lipinski definition) is 3. The summed E-state index contributed by atoms with van der Waals surface area (Å²) in [5.74, 6) is 0.809. The predicted octanol–water partition coefficient (Wildman–Crippen LogP) is 3.18. The van der Waals surface area contributed by atoms with E-state index in [2.05, 4.69) is 20.9 Å². The van der Waals surface area contributed by atoms with E-state index in [1.165, 1.54) is 6.26 Å². The average molecular weight is 554 g/mol. The zero-order valence-corrected chi connectivity index (χ0v) is 21.6. The van der Waals surface area contributed by atoms with Gasteiger partial charge in [-0.15, -0.1) is 24.0 Å². The average Bonchev–Trinajstić information content (AvgIpc) is 2.57. The van der Waals surface area contributed by atoms with Crippen LogP contribution in [0.2, 0.25) is 0 Å². The van der Waals surface area contributed by atoms with Crippen LogP contribution in [0.5, 0.6) is 0 Å². The Balaban J connectivity index is 0.00000841. The van der Waals surface area contributed by atoms with E-state index in [9.17, 15) is 13.2 Å². The Bertz CT molecular complexity index is 775. The second-order valence-electron chi connectivity index (χ2n) is 7.74. The number of carbonyl (C=O) groups is 1. The molecule has 0 unspecified atom stereocenters. The van der Waals surface area contributed by atoms with Gasteiger partial charge in [0.15, 0.2) is 5.96 Å². The molecule has 0 aromatic heterocycles. The van der Waals surface area contributed by atoms with E-state index in [1.807, 2.05) is 52.0 Å². The molecule has 0 saturated heterocycles. The van der Waals surface area contributed by atoms with Gasteiger partial charge in [-0.25, -0.2) is 13.2 Å². The van der Waals surface area contributed by atoms with Gasteiger partial charge >= 0.3 is 6.09 Å². The molecule has 1 aromatic rings. The number of aliphatic imine (C=N–C) groups is 1. The highest BCUT2D eigenvalue weighted by Gasteiger charge is 2.16. The molecule has 0 aliphatic heterocycles. The summed E-state index contributed by atoms with van der Waals surface area (Å²) in [6.45, 7) is 9.29. The third kappa shape index (κ3) is 14.4. The number of rotatable bonds is 9. The fourth-order valence-electron chi connectivity index (χ4n) is 2.36. The lowest BCUT2D eigenvalue weighted by Gasteiger charge is -2.19. The monoisotopic (exact) mass is 554 g/mol. The van der Waals surface area contributed by atoms with Gasteiger partial charge in [0.1, 0.15) is 15.4 Å². The fourth-order valence-corrected chi connectivity index (χ4v) is 3.01. The second-order valence-corrected chi connectivity index (χ2v) is 10.0. The van der Waals surface area contributed by atoms with Gasteiger partial charge in [0.25, 0.3) is 0 Å². The summed E-state index contributed by atoms with van der Waals surface area (Å²) in [5.41, 5.74) is 1.25. The highest BCUT2D eigenvalue weighted by atomic mass is 127. The molecule has 0 aliphatic rings. The second kappa shape index (κ2) is 13.7. The van der Waals surface area contributed by atoms with E-state index < -0.39 is 21.5 Å². The molecular weight excluding hydrogens is 519 g/mol. The fraction of sp³-hybridized carbons (Fsp3) is 0.600. The molecule has 1 aromatic carbocycles. The van der Waals surface area contributed by atoms with E-state index in [0.29, 0.717) is 31.2 Å². The number of guanidine groups is 1. The van der Waals surface area contributed by atoms with E-state index >= 15 is 0 Å². The van der Waals surface area contributed by atoms with Crippen LogP contribution < -0.4 is 16.0 Å². The van der Waals surface area contributed by atoms with Crippen molar-refractivity contribution in [3.05, 3.63) is 29.8 Å². The minimum absolute atomic E-state index is 0. The summed E-state index contributed by atoms with van der Waals surface area (Å²) in [4.78, 5) is 16.2. The summed E-state index contributed by atoms with van der Waals surface area (Å²) in [5, 5.41) is 9.09. The lowest BCUT2D eigenvalue weighted by molar-refractivity contribution is 0.0636. The van der Waals surface area contributed by atoms with Crippen molar-refractivity contribution < 1.29 is 17.9 Å². The first-order valence-corrected chi connectivity index (χ1v) is 11.8. The lowest BCUT2D eigenvalue weighted by Crippen LogP contribution is -2.38. The van der Waals surface area contributed by atoms with E-state index in [1.54, 1.807) is 0 Å². The maximum absolute atomic E-state index is 11.8. The topological polar surface area (TPSA) is 109 Å². The number of amides is 1. The molecule has 1 rings (SSSR count). The minimum Gasteiger partial charge on any atom is -0.444 e. The van der Waals surface area contributed by atoms with Crippen molar-refractivity contribution in [2.75, 3.05) is 37.0 Å². The SMILES string of the molecule is CCNC(=NCCCS(C)(=O)=O)NCCc1ccc(NC(=O)OC(C)(C)C)cc1.I. The molecule has 0 bridgehead atoms. The Hall–Kier alpha value is -1.56. The first-order valence-electron chi connectivity index (χ1n) is 9.77. The number of nitrogens with zero attached hydrogens (tertiary/aromatic N) is 1. The van der Waals surface area contributed by atoms with Gasteiger partial charge in [-0.3, -0.25) is 10.3 Å². The van der Waals surface area contributed by atoms with Crippen molar-refractivity contribution in [2.45, 2.75) is 46.1 Å². The number of anilines is 1. The molecule has 0 aliphatic carbocycles. The Labute approximate surface area is 197 Å². The summed E-state index contributed by atoms with van der Waals surface area (Å²) in [7, 11) is -2.95. The molecular formula is C20H35IN4O4S.